The lowest BCUT2D eigenvalue weighted by molar-refractivity contribution is 0.0735. The first-order valence-electron chi connectivity index (χ1n) is 5.56. The maximum Gasteiger partial charge on any atom is 0.254 e. The van der Waals surface area contributed by atoms with Gasteiger partial charge in [-0.3, -0.25) is 4.79 Å². The van der Waals surface area contributed by atoms with E-state index in [0.29, 0.717) is 18.7 Å². The van der Waals surface area contributed by atoms with Gasteiger partial charge in [-0.15, -0.1) is 12.4 Å². The zero-order valence-corrected chi connectivity index (χ0v) is 10.9. The van der Waals surface area contributed by atoms with Gasteiger partial charge in [-0.05, 0) is 18.2 Å². The lowest BCUT2D eigenvalue weighted by atomic mass is 10.1. The van der Waals surface area contributed by atoms with Gasteiger partial charge in [0.2, 0.25) is 0 Å². The SMILES string of the molecule is COc1ccc(C(=O)N2CCNCC2)cc1F.Cl. The Morgan fingerprint density at radius 3 is 2.61 bits per heavy atom. The minimum absolute atomic E-state index is 0. The number of piperazine rings is 1. The van der Waals surface area contributed by atoms with Crippen LogP contribution in [0.4, 0.5) is 4.39 Å². The van der Waals surface area contributed by atoms with E-state index in [4.69, 9.17) is 4.74 Å². The van der Waals surface area contributed by atoms with Gasteiger partial charge in [0, 0.05) is 31.7 Å². The van der Waals surface area contributed by atoms with E-state index in [1.54, 1.807) is 11.0 Å². The Hall–Kier alpha value is -1.33. The maximum absolute atomic E-state index is 13.5. The van der Waals surface area contributed by atoms with Gasteiger partial charge in [0.25, 0.3) is 5.91 Å². The molecule has 0 aromatic heterocycles. The normalized spacial score (nSPS) is 14.9. The monoisotopic (exact) mass is 274 g/mol. The maximum atomic E-state index is 13.5. The van der Waals surface area contributed by atoms with Gasteiger partial charge in [-0.2, -0.15) is 0 Å². The van der Waals surface area contributed by atoms with Gasteiger partial charge < -0.3 is 15.0 Å². The number of carbonyl (C=O) groups is 1. The summed E-state index contributed by atoms with van der Waals surface area (Å²) in [6, 6.07) is 4.29. The molecule has 100 valence electrons. The summed E-state index contributed by atoms with van der Waals surface area (Å²) in [5.41, 5.74) is 0.366. The Bertz CT molecular complexity index is 423. The Morgan fingerprint density at radius 2 is 2.06 bits per heavy atom. The number of amides is 1. The van der Waals surface area contributed by atoms with Crippen LogP contribution in [0.2, 0.25) is 0 Å². The highest BCUT2D eigenvalue weighted by atomic mass is 35.5. The van der Waals surface area contributed by atoms with Crippen LogP contribution < -0.4 is 10.1 Å². The fourth-order valence-corrected chi connectivity index (χ4v) is 1.85. The standard InChI is InChI=1S/C12H15FN2O2.ClH/c1-17-11-3-2-9(8-10(11)13)12(16)15-6-4-14-5-7-15;/h2-3,8,14H,4-7H2,1H3;1H. The Morgan fingerprint density at radius 1 is 1.39 bits per heavy atom. The second-order valence-electron chi connectivity index (χ2n) is 3.89. The van der Waals surface area contributed by atoms with Crippen molar-refractivity contribution in [3.8, 4) is 5.75 Å². The molecular weight excluding hydrogens is 259 g/mol. The third-order valence-corrected chi connectivity index (χ3v) is 2.80. The Kier molecular flexibility index (Phi) is 5.37. The van der Waals surface area contributed by atoms with E-state index in [1.165, 1.54) is 19.2 Å². The Labute approximate surface area is 112 Å². The summed E-state index contributed by atoms with van der Waals surface area (Å²) in [5.74, 6) is -0.483. The second kappa shape index (κ2) is 6.56. The van der Waals surface area contributed by atoms with Crippen LogP contribution in [0.25, 0.3) is 0 Å². The smallest absolute Gasteiger partial charge is 0.254 e. The molecule has 1 N–H and O–H groups in total. The van der Waals surface area contributed by atoms with Gasteiger partial charge in [0.1, 0.15) is 0 Å². The first kappa shape index (κ1) is 14.7. The topological polar surface area (TPSA) is 41.6 Å². The molecule has 1 fully saturated rings. The summed E-state index contributed by atoms with van der Waals surface area (Å²) in [5, 5.41) is 3.16. The molecule has 0 bridgehead atoms. The molecule has 1 amide bonds. The van der Waals surface area contributed by atoms with E-state index in [9.17, 15) is 9.18 Å². The van der Waals surface area contributed by atoms with Crippen LogP contribution in [0.3, 0.4) is 0 Å². The molecule has 2 rings (SSSR count). The number of carbonyl (C=O) groups excluding carboxylic acids is 1. The van der Waals surface area contributed by atoms with Crippen molar-refractivity contribution >= 4 is 18.3 Å². The number of ether oxygens (including phenoxy) is 1. The molecule has 0 spiro atoms. The third kappa shape index (κ3) is 3.11. The minimum Gasteiger partial charge on any atom is -0.494 e. The van der Waals surface area contributed by atoms with Crippen LogP contribution in [0, 0.1) is 5.82 Å². The highest BCUT2D eigenvalue weighted by Crippen LogP contribution is 2.18. The van der Waals surface area contributed by atoms with Crippen molar-refractivity contribution in [3.05, 3.63) is 29.6 Å². The largest absolute Gasteiger partial charge is 0.494 e. The molecule has 18 heavy (non-hydrogen) atoms. The van der Waals surface area contributed by atoms with Crippen molar-refractivity contribution in [1.82, 2.24) is 10.2 Å². The fraction of sp³-hybridized carbons (Fsp3) is 0.417. The van der Waals surface area contributed by atoms with Crippen LogP contribution in [0.5, 0.6) is 5.75 Å². The van der Waals surface area contributed by atoms with Crippen LogP contribution >= 0.6 is 12.4 Å². The van der Waals surface area contributed by atoms with Crippen molar-refractivity contribution < 1.29 is 13.9 Å². The number of methoxy groups -OCH3 is 1. The zero-order chi connectivity index (χ0) is 12.3. The summed E-state index contributed by atoms with van der Waals surface area (Å²) in [4.78, 5) is 13.8. The molecule has 1 aromatic carbocycles. The van der Waals surface area contributed by atoms with E-state index in [-0.39, 0.29) is 24.1 Å². The first-order valence-corrected chi connectivity index (χ1v) is 5.56. The van der Waals surface area contributed by atoms with Crippen molar-refractivity contribution in [3.63, 3.8) is 0 Å². The summed E-state index contributed by atoms with van der Waals surface area (Å²) in [6.45, 7) is 2.88. The lowest BCUT2D eigenvalue weighted by Crippen LogP contribution is -2.46. The third-order valence-electron chi connectivity index (χ3n) is 2.80. The molecule has 1 aromatic rings. The molecule has 0 radical (unpaired) electrons. The van der Waals surface area contributed by atoms with Gasteiger partial charge in [0.05, 0.1) is 7.11 Å². The second-order valence-corrected chi connectivity index (χ2v) is 3.89. The first-order chi connectivity index (χ1) is 8.22. The zero-order valence-electron chi connectivity index (χ0n) is 10.1. The number of halogens is 2. The molecule has 1 aliphatic rings. The predicted molar refractivity (Wildman–Crippen MR) is 69.0 cm³/mol. The van der Waals surface area contributed by atoms with Crippen LogP contribution in [-0.2, 0) is 0 Å². The average Bonchev–Trinajstić information content (AvgIpc) is 2.39. The number of hydrogen-bond acceptors (Lipinski definition) is 3. The number of hydrogen-bond donors (Lipinski definition) is 1. The lowest BCUT2D eigenvalue weighted by Gasteiger charge is -2.27. The quantitative estimate of drug-likeness (QED) is 0.884. The molecule has 0 atom stereocenters. The fourth-order valence-electron chi connectivity index (χ4n) is 1.85. The summed E-state index contributed by atoms with van der Waals surface area (Å²) in [7, 11) is 1.40. The highest BCUT2D eigenvalue weighted by molar-refractivity contribution is 5.94. The van der Waals surface area contributed by atoms with E-state index in [2.05, 4.69) is 5.32 Å². The molecule has 0 unspecified atom stereocenters. The molecule has 0 aliphatic carbocycles. The van der Waals surface area contributed by atoms with Crippen LogP contribution in [-0.4, -0.2) is 44.1 Å². The van der Waals surface area contributed by atoms with E-state index < -0.39 is 5.82 Å². The number of nitrogens with zero attached hydrogens (tertiary/aromatic N) is 1. The van der Waals surface area contributed by atoms with Crippen molar-refractivity contribution in [1.29, 1.82) is 0 Å². The van der Waals surface area contributed by atoms with Crippen molar-refractivity contribution in [2.24, 2.45) is 0 Å². The van der Waals surface area contributed by atoms with Crippen LogP contribution in [0.15, 0.2) is 18.2 Å². The summed E-state index contributed by atoms with van der Waals surface area (Å²) in [6.07, 6.45) is 0. The number of benzene rings is 1. The van der Waals surface area contributed by atoms with Crippen LogP contribution in [0.1, 0.15) is 10.4 Å². The van der Waals surface area contributed by atoms with E-state index in [1.807, 2.05) is 0 Å². The molecule has 6 heteroatoms. The van der Waals surface area contributed by atoms with Gasteiger partial charge in [-0.25, -0.2) is 4.39 Å². The van der Waals surface area contributed by atoms with E-state index in [0.717, 1.165) is 13.1 Å². The highest BCUT2D eigenvalue weighted by Gasteiger charge is 2.18. The van der Waals surface area contributed by atoms with E-state index >= 15 is 0 Å². The Balaban J connectivity index is 0.00000162. The number of nitrogens with one attached hydrogen (secondary N) is 1. The van der Waals surface area contributed by atoms with Crippen molar-refractivity contribution in [2.75, 3.05) is 33.3 Å². The average molecular weight is 275 g/mol. The van der Waals surface area contributed by atoms with Crippen molar-refractivity contribution in [2.45, 2.75) is 0 Å². The molecule has 1 heterocycles. The van der Waals surface area contributed by atoms with Gasteiger partial charge in [0.15, 0.2) is 11.6 Å². The molecule has 1 aliphatic heterocycles. The summed E-state index contributed by atoms with van der Waals surface area (Å²) >= 11 is 0. The predicted octanol–water partition coefficient (Wildman–Crippen LogP) is 1.30. The van der Waals surface area contributed by atoms with Gasteiger partial charge >= 0.3 is 0 Å². The minimum atomic E-state index is -0.506. The number of rotatable bonds is 2. The molecular formula is C12H16ClFN2O2. The molecule has 0 saturated carbocycles. The molecule has 4 nitrogen and oxygen atoms in total. The molecule has 1 saturated heterocycles. The van der Waals surface area contributed by atoms with Gasteiger partial charge in [-0.1, -0.05) is 0 Å². The summed E-state index contributed by atoms with van der Waals surface area (Å²) < 4.78 is 18.3.